The number of hydrogen-bond donors (Lipinski definition) is 1. The van der Waals surface area contributed by atoms with Crippen LogP contribution in [0.1, 0.15) is 17.8 Å². The van der Waals surface area contributed by atoms with Crippen molar-refractivity contribution in [1.82, 2.24) is 14.9 Å². The van der Waals surface area contributed by atoms with E-state index in [0.29, 0.717) is 9.47 Å². The van der Waals surface area contributed by atoms with Crippen LogP contribution < -0.4 is 5.73 Å². The fourth-order valence-electron chi connectivity index (χ4n) is 2.50. The van der Waals surface area contributed by atoms with E-state index in [9.17, 15) is 0 Å². The molecule has 21 heavy (non-hydrogen) atoms. The van der Waals surface area contributed by atoms with Crippen molar-refractivity contribution >= 4 is 33.6 Å². The van der Waals surface area contributed by atoms with Gasteiger partial charge in [0.1, 0.15) is 4.34 Å². The molecule has 0 fully saturated rings. The summed E-state index contributed by atoms with van der Waals surface area (Å²) in [4.78, 5) is 11.1. The lowest BCUT2D eigenvalue weighted by atomic mass is 10.1. The molecule has 2 aromatic rings. The molecule has 1 aliphatic heterocycles. The summed E-state index contributed by atoms with van der Waals surface area (Å²) < 4.78 is 0.685. The molecule has 0 bridgehead atoms. The third-order valence-electron chi connectivity index (χ3n) is 3.55. The first-order chi connectivity index (χ1) is 10.2. The maximum absolute atomic E-state index is 6.21. The number of hydrogen-bond acceptors (Lipinski definition) is 5. The Hall–Kier alpha value is -1.43. The SMILES string of the molecule is Nc1nc(C2=CCCN(CCc3ccccn3)C2)c(Cl)s1. The first-order valence-electron chi connectivity index (χ1n) is 6.96. The van der Waals surface area contributed by atoms with Gasteiger partial charge in [0.2, 0.25) is 0 Å². The molecule has 0 aromatic carbocycles. The second-order valence-electron chi connectivity index (χ2n) is 5.04. The number of pyridine rings is 1. The second kappa shape index (κ2) is 6.56. The first-order valence-corrected chi connectivity index (χ1v) is 8.15. The molecule has 0 saturated carbocycles. The Bertz CT molecular complexity index is 638. The molecule has 0 radical (unpaired) electrons. The van der Waals surface area contributed by atoms with Gasteiger partial charge in [0.05, 0.1) is 5.69 Å². The summed E-state index contributed by atoms with van der Waals surface area (Å²) in [5, 5.41) is 0.529. The van der Waals surface area contributed by atoms with Crippen molar-refractivity contribution in [3.63, 3.8) is 0 Å². The summed E-state index contributed by atoms with van der Waals surface area (Å²) in [6.45, 7) is 2.93. The van der Waals surface area contributed by atoms with Gasteiger partial charge >= 0.3 is 0 Å². The third-order valence-corrected chi connectivity index (χ3v) is 4.63. The average Bonchev–Trinajstić information content (AvgIpc) is 2.85. The lowest BCUT2D eigenvalue weighted by Gasteiger charge is -2.26. The Morgan fingerprint density at radius 2 is 2.29 bits per heavy atom. The second-order valence-corrected chi connectivity index (χ2v) is 6.67. The van der Waals surface area contributed by atoms with Crippen molar-refractivity contribution in [2.45, 2.75) is 12.8 Å². The predicted molar refractivity (Wildman–Crippen MR) is 88.5 cm³/mol. The Balaban J connectivity index is 1.63. The molecular formula is C15H17ClN4S. The van der Waals surface area contributed by atoms with Crippen LogP contribution in [-0.4, -0.2) is 34.5 Å². The van der Waals surface area contributed by atoms with Crippen molar-refractivity contribution in [2.75, 3.05) is 25.4 Å². The maximum atomic E-state index is 6.21. The Kier molecular flexibility index (Phi) is 4.53. The average molecular weight is 321 g/mol. The molecule has 0 atom stereocenters. The minimum Gasteiger partial charge on any atom is -0.375 e. The highest BCUT2D eigenvalue weighted by Gasteiger charge is 2.18. The summed E-state index contributed by atoms with van der Waals surface area (Å²) >= 11 is 7.54. The van der Waals surface area contributed by atoms with E-state index in [1.807, 2.05) is 18.3 Å². The van der Waals surface area contributed by atoms with Crippen LogP contribution in [0.3, 0.4) is 0 Å². The quantitative estimate of drug-likeness (QED) is 0.940. The topological polar surface area (TPSA) is 55.0 Å². The lowest BCUT2D eigenvalue weighted by Crippen LogP contribution is -2.31. The lowest BCUT2D eigenvalue weighted by molar-refractivity contribution is 0.307. The summed E-state index contributed by atoms with van der Waals surface area (Å²) in [6, 6.07) is 6.04. The number of halogens is 1. The zero-order chi connectivity index (χ0) is 14.7. The molecule has 2 aromatic heterocycles. The zero-order valence-corrected chi connectivity index (χ0v) is 13.2. The molecule has 2 N–H and O–H groups in total. The smallest absolute Gasteiger partial charge is 0.182 e. The predicted octanol–water partition coefficient (Wildman–Crippen LogP) is 3.11. The number of thiazole rings is 1. The molecule has 110 valence electrons. The molecule has 0 amide bonds. The number of nitrogens with two attached hydrogens (primary N) is 1. The van der Waals surface area contributed by atoms with E-state index in [1.54, 1.807) is 0 Å². The van der Waals surface area contributed by atoms with Crippen LogP contribution in [0.15, 0.2) is 30.5 Å². The van der Waals surface area contributed by atoms with Gasteiger partial charge < -0.3 is 5.73 Å². The number of aromatic nitrogens is 2. The standard InChI is InChI=1S/C15H17ClN4S/c16-14-13(19-15(17)21-14)11-4-3-8-20(10-11)9-6-12-5-1-2-7-18-12/h1-2,4-5,7H,3,6,8-10H2,(H2,17,19). The molecule has 4 nitrogen and oxygen atoms in total. The van der Waals surface area contributed by atoms with Crippen molar-refractivity contribution in [3.8, 4) is 0 Å². The van der Waals surface area contributed by atoms with E-state index in [4.69, 9.17) is 17.3 Å². The van der Waals surface area contributed by atoms with Gasteiger partial charge in [-0.05, 0) is 24.1 Å². The molecule has 1 aliphatic rings. The molecule has 3 rings (SSSR count). The highest BCUT2D eigenvalue weighted by molar-refractivity contribution is 7.19. The fraction of sp³-hybridized carbons (Fsp3) is 0.333. The van der Waals surface area contributed by atoms with Crippen LogP contribution in [0.2, 0.25) is 4.34 Å². The Labute approximate surface area is 133 Å². The monoisotopic (exact) mass is 320 g/mol. The summed E-state index contributed by atoms with van der Waals surface area (Å²) in [5.74, 6) is 0. The van der Waals surface area contributed by atoms with Crippen LogP contribution in [0.5, 0.6) is 0 Å². The molecule has 6 heteroatoms. The minimum absolute atomic E-state index is 0.529. The van der Waals surface area contributed by atoms with Crippen LogP contribution in [-0.2, 0) is 6.42 Å². The molecule has 0 saturated heterocycles. The molecule has 0 spiro atoms. The van der Waals surface area contributed by atoms with Gasteiger partial charge in [0, 0.05) is 37.9 Å². The van der Waals surface area contributed by atoms with E-state index in [2.05, 4.69) is 27.0 Å². The van der Waals surface area contributed by atoms with Crippen LogP contribution in [0, 0.1) is 0 Å². The number of anilines is 1. The largest absolute Gasteiger partial charge is 0.375 e. The summed E-state index contributed by atoms with van der Waals surface area (Å²) in [5.41, 5.74) is 8.89. The maximum Gasteiger partial charge on any atom is 0.182 e. The molecule has 0 aliphatic carbocycles. The Morgan fingerprint density at radius 3 is 3.00 bits per heavy atom. The molecule has 0 unspecified atom stereocenters. The Morgan fingerprint density at radius 1 is 1.38 bits per heavy atom. The molecular weight excluding hydrogens is 304 g/mol. The van der Waals surface area contributed by atoms with E-state index in [0.717, 1.165) is 43.9 Å². The van der Waals surface area contributed by atoms with E-state index >= 15 is 0 Å². The minimum atomic E-state index is 0.529. The fourth-order valence-corrected chi connectivity index (χ4v) is 3.50. The van der Waals surface area contributed by atoms with Gasteiger partial charge in [0.15, 0.2) is 5.13 Å². The van der Waals surface area contributed by atoms with E-state index < -0.39 is 0 Å². The van der Waals surface area contributed by atoms with Crippen molar-refractivity contribution in [2.24, 2.45) is 0 Å². The van der Waals surface area contributed by atoms with Gasteiger partial charge in [-0.15, -0.1) is 0 Å². The van der Waals surface area contributed by atoms with Crippen molar-refractivity contribution in [1.29, 1.82) is 0 Å². The van der Waals surface area contributed by atoms with Crippen molar-refractivity contribution < 1.29 is 0 Å². The third kappa shape index (κ3) is 3.61. The summed E-state index contributed by atoms with van der Waals surface area (Å²) in [6.07, 6.45) is 6.04. The van der Waals surface area contributed by atoms with Gasteiger partial charge in [-0.1, -0.05) is 35.1 Å². The van der Waals surface area contributed by atoms with E-state index in [1.165, 1.54) is 16.9 Å². The van der Waals surface area contributed by atoms with Crippen LogP contribution in [0.4, 0.5) is 5.13 Å². The van der Waals surface area contributed by atoms with Gasteiger partial charge in [-0.3, -0.25) is 9.88 Å². The highest BCUT2D eigenvalue weighted by atomic mass is 35.5. The highest BCUT2D eigenvalue weighted by Crippen LogP contribution is 2.32. The first kappa shape index (κ1) is 14.5. The number of rotatable bonds is 4. The van der Waals surface area contributed by atoms with Gasteiger partial charge in [-0.2, -0.15) is 0 Å². The number of nitrogen functional groups attached to an aromatic ring is 1. The van der Waals surface area contributed by atoms with Crippen LogP contribution in [0.25, 0.3) is 5.57 Å². The van der Waals surface area contributed by atoms with Crippen molar-refractivity contribution in [3.05, 3.63) is 46.2 Å². The van der Waals surface area contributed by atoms with Gasteiger partial charge in [-0.25, -0.2) is 4.98 Å². The normalized spacial score (nSPS) is 16.0. The van der Waals surface area contributed by atoms with Crippen LogP contribution >= 0.6 is 22.9 Å². The number of nitrogens with zero attached hydrogens (tertiary/aromatic N) is 3. The van der Waals surface area contributed by atoms with E-state index in [-0.39, 0.29) is 0 Å². The zero-order valence-electron chi connectivity index (χ0n) is 11.6. The molecule has 3 heterocycles. The summed E-state index contributed by atoms with van der Waals surface area (Å²) in [7, 11) is 0. The van der Waals surface area contributed by atoms with Gasteiger partial charge in [0.25, 0.3) is 0 Å².